The van der Waals surface area contributed by atoms with Crippen molar-refractivity contribution in [2.45, 2.75) is 6.42 Å². The standard InChI is InChI=1S/C17H19N9O2S/c1-29(27,28)26-12-4-2-3-11(7-12)23-17-24-15(14-16(25-17)22-10-21-14)19-6-5-13-8-18-9-20-13/h2-4,7-10,26H,5-6H2,1H3,(H,18,20)(H3,19,21,22,23,24,25). The summed E-state index contributed by atoms with van der Waals surface area (Å²) in [6.07, 6.45) is 6.82. The average molecular weight is 413 g/mol. The summed E-state index contributed by atoms with van der Waals surface area (Å²) >= 11 is 0. The van der Waals surface area contributed by atoms with E-state index in [1.165, 1.54) is 0 Å². The van der Waals surface area contributed by atoms with E-state index in [4.69, 9.17) is 0 Å². The SMILES string of the molecule is CS(=O)(=O)Nc1cccc(Nc2nc(NCCc3cnc[nH]3)c3[nH]cnc3n2)c1. The lowest BCUT2D eigenvalue weighted by Crippen LogP contribution is -2.10. The maximum atomic E-state index is 11.4. The lowest BCUT2D eigenvalue weighted by molar-refractivity contribution is 0.607. The third kappa shape index (κ3) is 4.79. The van der Waals surface area contributed by atoms with Gasteiger partial charge in [-0.25, -0.2) is 18.4 Å². The molecule has 3 heterocycles. The number of nitrogens with one attached hydrogen (secondary N) is 5. The third-order valence-corrected chi connectivity index (χ3v) is 4.56. The van der Waals surface area contributed by atoms with Crippen molar-refractivity contribution in [1.29, 1.82) is 0 Å². The molecule has 12 heteroatoms. The highest BCUT2D eigenvalue weighted by Crippen LogP contribution is 2.23. The number of rotatable bonds is 8. The molecule has 5 N–H and O–H groups in total. The van der Waals surface area contributed by atoms with E-state index in [0.717, 1.165) is 18.4 Å². The van der Waals surface area contributed by atoms with Gasteiger partial charge in [-0.3, -0.25) is 4.72 Å². The molecule has 0 fully saturated rings. The second-order valence-electron chi connectivity index (χ2n) is 6.33. The van der Waals surface area contributed by atoms with Crippen LogP contribution in [0.3, 0.4) is 0 Å². The smallest absolute Gasteiger partial charge is 0.231 e. The van der Waals surface area contributed by atoms with Gasteiger partial charge in [-0.2, -0.15) is 9.97 Å². The topological polar surface area (TPSA) is 153 Å². The van der Waals surface area contributed by atoms with Crippen LogP contribution in [0, 0.1) is 0 Å². The van der Waals surface area contributed by atoms with Gasteiger partial charge >= 0.3 is 0 Å². The lowest BCUT2D eigenvalue weighted by atomic mass is 10.3. The molecule has 0 bridgehead atoms. The number of benzene rings is 1. The Bertz CT molecular complexity index is 1220. The van der Waals surface area contributed by atoms with E-state index in [9.17, 15) is 8.42 Å². The van der Waals surface area contributed by atoms with Crippen LogP contribution >= 0.6 is 0 Å². The normalized spacial score (nSPS) is 11.5. The number of hydrogen-bond acceptors (Lipinski definition) is 8. The summed E-state index contributed by atoms with van der Waals surface area (Å²) in [5.41, 5.74) is 3.30. The second kappa shape index (κ2) is 7.75. The van der Waals surface area contributed by atoms with Crippen molar-refractivity contribution in [3.63, 3.8) is 0 Å². The van der Waals surface area contributed by atoms with E-state index in [1.807, 2.05) is 0 Å². The molecule has 4 aromatic rings. The van der Waals surface area contributed by atoms with E-state index in [-0.39, 0.29) is 0 Å². The van der Waals surface area contributed by atoms with Gasteiger partial charge in [-0.15, -0.1) is 0 Å². The van der Waals surface area contributed by atoms with Crippen LogP contribution < -0.4 is 15.4 Å². The fourth-order valence-corrected chi connectivity index (χ4v) is 3.31. The minimum atomic E-state index is -3.36. The lowest BCUT2D eigenvalue weighted by Gasteiger charge is -2.10. The van der Waals surface area contributed by atoms with Gasteiger partial charge in [0.15, 0.2) is 11.5 Å². The molecule has 0 saturated heterocycles. The van der Waals surface area contributed by atoms with Gasteiger partial charge in [-0.05, 0) is 18.2 Å². The molecule has 0 unspecified atom stereocenters. The molecule has 0 amide bonds. The number of sulfonamides is 1. The Balaban J connectivity index is 1.54. The van der Waals surface area contributed by atoms with Crippen molar-refractivity contribution in [3.05, 3.63) is 48.8 Å². The highest BCUT2D eigenvalue weighted by Gasteiger charge is 2.11. The molecule has 4 rings (SSSR count). The Morgan fingerprint density at radius 2 is 1.97 bits per heavy atom. The number of hydrogen-bond donors (Lipinski definition) is 5. The highest BCUT2D eigenvalue weighted by molar-refractivity contribution is 7.92. The summed E-state index contributed by atoms with van der Waals surface area (Å²) in [4.78, 5) is 23.2. The van der Waals surface area contributed by atoms with Gasteiger partial charge in [0.25, 0.3) is 0 Å². The minimum Gasteiger partial charge on any atom is -0.368 e. The summed E-state index contributed by atoms with van der Waals surface area (Å²) in [5.74, 6) is 0.949. The first-order valence-corrected chi connectivity index (χ1v) is 10.6. The fraction of sp³-hybridized carbons (Fsp3) is 0.176. The maximum absolute atomic E-state index is 11.4. The van der Waals surface area contributed by atoms with Gasteiger partial charge < -0.3 is 20.6 Å². The molecule has 0 radical (unpaired) electrons. The van der Waals surface area contributed by atoms with Crippen LogP contribution in [0.25, 0.3) is 11.2 Å². The molecule has 1 aromatic carbocycles. The highest BCUT2D eigenvalue weighted by atomic mass is 32.2. The predicted octanol–water partition coefficient (Wildman–Crippen LogP) is 1.85. The summed E-state index contributed by atoms with van der Waals surface area (Å²) in [5, 5.41) is 6.37. The molecule has 0 aliphatic carbocycles. The van der Waals surface area contributed by atoms with E-state index < -0.39 is 10.0 Å². The van der Waals surface area contributed by atoms with Gasteiger partial charge in [0.2, 0.25) is 16.0 Å². The van der Waals surface area contributed by atoms with Crippen molar-refractivity contribution < 1.29 is 8.42 Å². The first kappa shape index (κ1) is 18.7. The van der Waals surface area contributed by atoms with E-state index in [1.54, 1.807) is 43.1 Å². The second-order valence-corrected chi connectivity index (χ2v) is 8.08. The summed E-state index contributed by atoms with van der Waals surface area (Å²) in [6, 6.07) is 6.83. The molecular formula is C17H19N9O2S. The Labute approximate surface area is 166 Å². The van der Waals surface area contributed by atoms with Gasteiger partial charge in [0.1, 0.15) is 5.52 Å². The molecule has 3 aromatic heterocycles. The zero-order chi connectivity index (χ0) is 20.3. The number of fused-ring (bicyclic) bond motifs is 1. The number of nitrogens with zero attached hydrogens (tertiary/aromatic N) is 4. The van der Waals surface area contributed by atoms with Crippen molar-refractivity contribution in [1.82, 2.24) is 29.9 Å². The van der Waals surface area contributed by atoms with E-state index in [0.29, 0.717) is 40.8 Å². The third-order valence-electron chi connectivity index (χ3n) is 3.95. The molecule has 0 saturated carbocycles. The summed E-state index contributed by atoms with van der Waals surface area (Å²) in [7, 11) is -3.36. The summed E-state index contributed by atoms with van der Waals surface area (Å²) < 4.78 is 25.3. The first-order valence-electron chi connectivity index (χ1n) is 8.73. The Hall–Kier alpha value is -3.67. The molecule has 0 aliphatic heterocycles. The Kier molecular flexibility index (Phi) is 4.99. The molecule has 0 aliphatic rings. The zero-order valence-corrected chi connectivity index (χ0v) is 16.3. The molecule has 11 nitrogen and oxygen atoms in total. The van der Waals surface area contributed by atoms with Crippen LogP contribution in [-0.4, -0.2) is 51.1 Å². The number of imidazole rings is 2. The first-order chi connectivity index (χ1) is 14.0. The van der Waals surface area contributed by atoms with Crippen molar-refractivity contribution in [3.8, 4) is 0 Å². The Morgan fingerprint density at radius 3 is 2.76 bits per heavy atom. The number of anilines is 4. The van der Waals surface area contributed by atoms with Crippen molar-refractivity contribution in [2.75, 3.05) is 28.2 Å². The quantitative estimate of drug-likeness (QED) is 0.293. The Morgan fingerprint density at radius 1 is 1.10 bits per heavy atom. The van der Waals surface area contributed by atoms with Crippen molar-refractivity contribution in [2.24, 2.45) is 0 Å². The van der Waals surface area contributed by atoms with Crippen LogP contribution in [-0.2, 0) is 16.4 Å². The number of aromatic amines is 2. The van der Waals surface area contributed by atoms with E-state index in [2.05, 4.69) is 45.3 Å². The molecule has 0 atom stereocenters. The van der Waals surface area contributed by atoms with Gasteiger partial charge in [0, 0.05) is 30.5 Å². The predicted molar refractivity (Wildman–Crippen MR) is 111 cm³/mol. The van der Waals surface area contributed by atoms with Crippen LogP contribution in [0.15, 0.2) is 43.1 Å². The monoisotopic (exact) mass is 413 g/mol. The van der Waals surface area contributed by atoms with Crippen LogP contribution in [0.2, 0.25) is 0 Å². The van der Waals surface area contributed by atoms with Gasteiger partial charge in [-0.1, -0.05) is 6.07 Å². The minimum absolute atomic E-state index is 0.338. The zero-order valence-electron chi connectivity index (χ0n) is 15.5. The number of aromatic nitrogens is 6. The van der Waals surface area contributed by atoms with Crippen LogP contribution in [0.1, 0.15) is 5.69 Å². The number of H-pyrrole nitrogens is 2. The maximum Gasteiger partial charge on any atom is 0.231 e. The van der Waals surface area contributed by atoms with E-state index >= 15 is 0 Å². The summed E-state index contributed by atoms with van der Waals surface area (Å²) in [6.45, 7) is 0.639. The molecule has 0 spiro atoms. The van der Waals surface area contributed by atoms with Gasteiger partial charge in [0.05, 0.1) is 24.6 Å². The average Bonchev–Trinajstić information content (AvgIpc) is 3.32. The molecule has 29 heavy (non-hydrogen) atoms. The fourth-order valence-electron chi connectivity index (χ4n) is 2.76. The largest absolute Gasteiger partial charge is 0.368 e. The molecular weight excluding hydrogens is 394 g/mol. The molecule has 150 valence electrons. The van der Waals surface area contributed by atoms with Crippen LogP contribution in [0.4, 0.5) is 23.1 Å². The van der Waals surface area contributed by atoms with Crippen molar-refractivity contribution >= 4 is 44.3 Å². The van der Waals surface area contributed by atoms with Crippen LogP contribution in [0.5, 0.6) is 0 Å².